The molecule has 3 aromatic rings. The van der Waals surface area contributed by atoms with Gasteiger partial charge in [-0.1, -0.05) is 57.6 Å². The van der Waals surface area contributed by atoms with Crippen molar-refractivity contribution in [3.8, 4) is 0 Å². The molecule has 0 atom stereocenters. The van der Waals surface area contributed by atoms with Crippen molar-refractivity contribution in [1.82, 2.24) is 5.43 Å². The number of hydrogen-bond donors (Lipinski definition) is 1. The van der Waals surface area contributed by atoms with Crippen LogP contribution in [0.2, 0.25) is 0 Å². The number of carbonyl (C=O) groups excluding carboxylic acids is 1. The fourth-order valence-electron chi connectivity index (χ4n) is 2.37. The van der Waals surface area contributed by atoms with Crippen LogP contribution in [0.3, 0.4) is 0 Å². The van der Waals surface area contributed by atoms with E-state index in [1.54, 1.807) is 6.07 Å². The number of nitrogens with zero attached hydrogens (tertiary/aromatic N) is 2. The molecule has 0 aliphatic rings. The fourth-order valence-corrected chi connectivity index (χ4v) is 3.54. The number of hydrogen-bond acceptors (Lipinski definition) is 5. The monoisotopic (exact) mass is 417 g/mol. The van der Waals surface area contributed by atoms with Crippen LogP contribution in [0.4, 0.5) is 5.00 Å². The molecule has 0 saturated heterocycles. The first-order valence-electron chi connectivity index (χ1n) is 7.27. The minimum atomic E-state index is -0.459. The molecular weight excluding hydrogens is 406 g/mol. The van der Waals surface area contributed by atoms with Gasteiger partial charge in [0, 0.05) is 10.5 Å². The highest BCUT2D eigenvalue weighted by atomic mass is 79.9. The van der Waals surface area contributed by atoms with Crippen LogP contribution >= 0.6 is 27.3 Å². The van der Waals surface area contributed by atoms with E-state index in [4.69, 9.17) is 0 Å². The molecular formula is C17H12BrN3O3S. The van der Waals surface area contributed by atoms with E-state index in [-0.39, 0.29) is 17.3 Å². The van der Waals surface area contributed by atoms with Gasteiger partial charge < -0.3 is 0 Å². The molecule has 8 heteroatoms. The molecule has 3 rings (SSSR count). The molecule has 1 amide bonds. The Morgan fingerprint density at radius 2 is 1.96 bits per heavy atom. The highest BCUT2D eigenvalue weighted by Gasteiger charge is 2.09. The summed E-state index contributed by atoms with van der Waals surface area (Å²) in [6, 6.07) is 14.6. The van der Waals surface area contributed by atoms with E-state index in [0.29, 0.717) is 4.88 Å². The van der Waals surface area contributed by atoms with E-state index in [1.807, 2.05) is 36.4 Å². The maximum Gasteiger partial charge on any atom is 0.324 e. The van der Waals surface area contributed by atoms with Crippen LogP contribution < -0.4 is 5.43 Å². The molecule has 0 aliphatic carbocycles. The molecule has 0 fully saturated rings. The third-order valence-electron chi connectivity index (χ3n) is 3.49. The SMILES string of the molecule is O=C(Cc1ccc(Br)c2ccccc12)NN=Cc1ccc([N+](=O)[O-])s1. The van der Waals surface area contributed by atoms with Gasteiger partial charge in [0.05, 0.1) is 22.4 Å². The molecule has 1 N–H and O–H groups in total. The topological polar surface area (TPSA) is 84.6 Å². The van der Waals surface area contributed by atoms with Gasteiger partial charge in [0.2, 0.25) is 5.91 Å². The number of amides is 1. The molecule has 6 nitrogen and oxygen atoms in total. The number of hydrazone groups is 1. The predicted octanol–water partition coefficient (Wildman–Crippen LogP) is 4.26. The van der Waals surface area contributed by atoms with Crippen molar-refractivity contribution in [2.24, 2.45) is 5.10 Å². The Bertz CT molecular complexity index is 984. The van der Waals surface area contributed by atoms with Crippen molar-refractivity contribution in [2.45, 2.75) is 6.42 Å². The molecule has 0 spiro atoms. The minimum Gasteiger partial charge on any atom is -0.273 e. The number of benzene rings is 2. The lowest BCUT2D eigenvalue weighted by Gasteiger charge is -2.07. The first-order valence-corrected chi connectivity index (χ1v) is 8.88. The molecule has 0 unspecified atom stereocenters. The zero-order valence-corrected chi connectivity index (χ0v) is 15.2. The summed E-state index contributed by atoms with van der Waals surface area (Å²) in [7, 11) is 0. The Morgan fingerprint density at radius 1 is 1.20 bits per heavy atom. The Labute approximate surface area is 155 Å². The lowest BCUT2D eigenvalue weighted by Crippen LogP contribution is -2.19. The van der Waals surface area contributed by atoms with Crippen molar-refractivity contribution in [1.29, 1.82) is 0 Å². The summed E-state index contributed by atoms with van der Waals surface area (Å²) in [5.74, 6) is -0.255. The van der Waals surface area contributed by atoms with Crippen LogP contribution in [0.15, 0.2) is 58.1 Å². The van der Waals surface area contributed by atoms with Crippen molar-refractivity contribution < 1.29 is 9.72 Å². The summed E-state index contributed by atoms with van der Waals surface area (Å²) in [6.45, 7) is 0. The minimum absolute atomic E-state index is 0.0362. The second-order valence-electron chi connectivity index (χ2n) is 5.16. The molecule has 25 heavy (non-hydrogen) atoms. The number of thiophene rings is 1. The van der Waals surface area contributed by atoms with Crippen LogP contribution in [0.5, 0.6) is 0 Å². The Kier molecular flexibility index (Phi) is 5.20. The van der Waals surface area contributed by atoms with E-state index < -0.39 is 4.92 Å². The summed E-state index contributed by atoms with van der Waals surface area (Å²) in [5, 5.41) is 16.6. The van der Waals surface area contributed by atoms with Gasteiger partial charge in [-0.2, -0.15) is 5.10 Å². The van der Waals surface area contributed by atoms with E-state index in [0.717, 1.165) is 32.1 Å². The highest BCUT2D eigenvalue weighted by molar-refractivity contribution is 9.10. The quantitative estimate of drug-likeness (QED) is 0.382. The van der Waals surface area contributed by atoms with Crippen molar-refractivity contribution in [3.63, 3.8) is 0 Å². The van der Waals surface area contributed by atoms with Crippen molar-refractivity contribution in [3.05, 3.63) is 73.6 Å². The molecule has 0 saturated carbocycles. The predicted molar refractivity (Wildman–Crippen MR) is 102 cm³/mol. The summed E-state index contributed by atoms with van der Waals surface area (Å²) in [4.78, 5) is 22.9. The molecule has 1 heterocycles. The molecule has 126 valence electrons. The largest absolute Gasteiger partial charge is 0.324 e. The van der Waals surface area contributed by atoms with Crippen LogP contribution in [0.25, 0.3) is 10.8 Å². The highest BCUT2D eigenvalue weighted by Crippen LogP contribution is 2.27. The zero-order valence-electron chi connectivity index (χ0n) is 12.8. The van der Waals surface area contributed by atoms with Crippen LogP contribution in [0, 0.1) is 10.1 Å². The Morgan fingerprint density at radius 3 is 2.68 bits per heavy atom. The number of nitro groups is 1. The fraction of sp³-hybridized carbons (Fsp3) is 0.0588. The van der Waals surface area contributed by atoms with E-state index in [1.165, 1.54) is 12.3 Å². The third-order valence-corrected chi connectivity index (χ3v) is 5.15. The van der Waals surface area contributed by atoms with Gasteiger partial charge in [-0.3, -0.25) is 14.9 Å². The molecule has 0 bridgehead atoms. The molecule has 1 aromatic heterocycles. The maximum atomic E-state index is 12.1. The normalized spacial score (nSPS) is 11.1. The lowest BCUT2D eigenvalue weighted by atomic mass is 10.0. The van der Waals surface area contributed by atoms with Crippen molar-refractivity contribution in [2.75, 3.05) is 0 Å². The van der Waals surface area contributed by atoms with Crippen LogP contribution in [-0.4, -0.2) is 17.0 Å². The first-order chi connectivity index (χ1) is 12.0. The second-order valence-corrected chi connectivity index (χ2v) is 7.10. The zero-order chi connectivity index (χ0) is 17.8. The molecule has 0 radical (unpaired) electrons. The Hall–Kier alpha value is -2.58. The van der Waals surface area contributed by atoms with E-state index in [9.17, 15) is 14.9 Å². The third kappa shape index (κ3) is 4.09. The van der Waals surface area contributed by atoms with Gasteiger partial charge in [-0.15, -0.1) is 0 Å². The summed E-state index contributed by atoms with van der Waals surface area (Å²) in [5.41, 5.74) is 3.35. The number of fused-ring (bicyclic) bond motifs is 1. The van der Waals surface area contributed by atoms with Gasteiger partial charge in [-0.05, 0) is 28.5 Å². The van der Waals surface area contributed by atoms with Gasteiger partial charge in [-0.25, -0.2) is 5.43 Å². The smallest absolute Gasteiger partial charge is 0.273 e. The van der Waals surface area contributed by atoms with Gasteiger partial charge >= 0.3 is 5.00 Å². The standard InChI is InChI=1S/C17H12BrN3O3S/c18-15-7-5-11(13-3-1-2-4-14(13)15)9-16(22)20-19-10-12-6-8-17(25-12)21(23)24/h1-8,10H,9H2,(H,20,22). The average molecular weight is 418 g/mol. The van der Waals surface area contributed by atoms with Crippen molar-refractivity contribution >= 4 is 55.2 Å². The second kappa shape index (κ2) is 7.54. The lowest BCUT2D eigenvalue weighted by molar-refractivity contribution is -0.380. The van der Waals surface area contributed by atoms with Gasteiger partial charge in [0.25, 0.3) is 0 Å². The molecule has 2 aromatic carbocycles. The maximum absolute atomic E-state index is 12.1. The summed E-state index contributed by atoms with van der Waals surface area (Å²) < 4.78 is 0.976. The summed E-state index contributed by atoms with van der Waals surface area (Å²) in [6.07, 6.45) is 1.59. The summed E-state index contributed by atoms with van der Waals surface area (Å²) >= 11 is 4.50. The van der Waals surface area contributed by atoms with E-state index in [2.05, 4.69) is 26.5 Å². The van der Waals surface area contributed by atoms with Crippen LogP contribution in [0.1, 0.15) is 10.4 Å². The number of carbonyl (C=O) groups is 1. The Balaban J connectivity index is 1.68. The van der Waals surface area contributed by atoms with Crippen LogP contribution in [-0.2, 0) is 11.2 Å². The van der Waals surface area contributed by atoms with E-state index >= 15 is 0 Å². The number of halogens is 1. The first kappa shape index (κ1) is 17.2. The van der Waals surface area contributed by atoms with Gasteiger partial charge in [0.15, 0.2) is 0 Å². The number of rotatable bonds is 5. The van der Waals surface area contributed by atoms with Gasteiger partial charge in [0.1, 0.15) is 0 Å². The molecule has 0 aliphatic heterocycles. The average Bonchev–Trinajstić information content (AvgIpc) is 3.07. The number of nitrogens with one attached hydrogen (secondary N) is 1.